The first-order chi connectivity index (χ1) is 17.0. The van der Waals surface area contributed by atoms with E-state index in [1.165, 1.54) is 31.5 Å². The third-order valence-electron chi connectivity index (χ3n) is 5.12. The molecule has 9 heteroatoms. The molecule has 0 aliphatic rings. The van der Waals surface area contributed by atoms with Gasteiger partial charge in [0.25, 0.3) is 5.91 Å². The summed E-state index contributed by atoms with van der Waals surface area (Å²) in [6, 6.07) is 22.9. The van der Waals surface area contributed by atoms with Crippen LogP contribution < -0.4 is 14.9 Å². The van der Waals surface area contributed by atoms with Crippen LogP contribution >= 0.6 is 0 Å². The number of benzene rings is 4. The van der Waals surface area contributed by atoms with Crippen molar-refractivity contribution < 1.29 is 24.0 Å². The molecule has 0 heterocycles. The molecule has 0 bridgehead atoms. The first-order valence-electron chi connectivity index (χ1n) is 10.4. The summed E-state index contributed by atoms with van der Waals surface area (Å²) in [6.07, 6.45) is 1.25. The van der Waals surface area contributed by atoms with Gasteiger partial charge in [0, 0.05) is 17.2 Å². The highest BCUT2D eigenvalue weighted by molar-refractivity contribution is 6.05. The highest BCUT2D eigenvalue weighted by atomic mass is 16.6. The summed E-state index contributed by atoms with van der Waals surface area (Å²) in [6.45, 7) is 0. The predicted molar refractivity (Wildman–Crippen MR) is 130 cm³/mol. The van der Waals surface area contributed by atoms with Crippen molar-refractivity contribution in [1.82, 2.24) is 5.43 Å². The zero-order chi connectivity index (χ0) is 24.8. The molecule has 4 rings (SSSR count). The quantitative estimate of drug-likeness (QED) is 0.137. The lowest BCUT2D eigenvalue weighted by molar-refractivity contribution is -0.385. The molecule has 0 saturated heterocycles. The Labute approximate surface area is 199 Å². The summed E-state index contributed by atoms with van der Waals surface area (Å²) in [4.78, 5) is 35.9. The Hall–Kier alpha value is -5.05. The van der Waals surface area contributed by atoms with Gasteiger partial charge in [-0.1, -0.05) is 36.4 Å². The van der Waals surface area contributed by atoms with Gasteiger partial charge in [0.15, 0.2) is 0 Å². The van der Waals surface area contributed by atoms with Gasteiger partial charge in [0.1, 0.15) is 5.75 Å². The molecular formula is C26H19N3O6. The van der Waals surface area contributed by atoms with Crippen LogP contribution in [-0.2, 0) is 0 Å². The zero-order valence-corrected chi connectivity index (χ0v) is 18.5. The first kappa shape index (κ1) is 23.1. The van der Waals surface area contributed by atoms with Crippen molar-refractivity contribution >= 4 is 34.6 Å². The molecule has 0 aliphatic heterocycles. The van der Waals surface area contributed by atoms with E-state index in [0.717, 1.165) is 5.39 Å². The Morgan fingerprint density at radius 1 is 0.971 bits per heavy atom. The van der Waals surface area contributed by atoms with Crippen molar-refractivity contribution in [3.05, 3.63) is 112 Å². The molecule has 9 nitrogen and oxygen atoms in total. The second-order valence-electron chi connectivity index (χ2n) is 7.33. The molecule has 0 unspecified atom stereocenters. The predicted octanol–water partition coefficient (Wildman–Crippen LogP) is 4.74. The van der Waals surface area contributed by atoms with Crippen molar-refractivity contribution in [2.24, 2.45) is 5.10 Å². The topological polar surface area (TPSA) is 120 Å². The summed E-state index contributed by atoms with van der Waals surface area (Å²) >= 11 is 0. The average molecular weight is 469 g/mol. The van der Waals surface area contributed by atoms with Gasteiger partial charge in [-0.15, -0.1) is 0 Å². The van der Waals surface area contributed by atoms with Gasteiger partial charge < -0.3 is 9.47 Å². The standard InChI is InChI=1S/C26H19N3O6/c1-34-20-12-10-19(11-13-20)25(30)28-27-16-17-9-14-24(23(15-17)29(32)33)35-26(31)22-8-4-6-18-5-2-3-7-21(18)22/h2-16H,1H3,(H,28,30)/b27-16+. The highest BCUT2D eigenvalue weighted by Gasteiger charge is 2.20. The number of ether oxygens (including phenoxy) is 2. The molecule has 0 spiro atoms. The van der Waals surface area contributed by atoms with Crippen LogP contribution in [0.3, 0.4) is 0 Å². The van der Waals surface area contributed by atoms with E-state index < -0.39 is 22.5 Å². The number of methoxy groups -OCH3 is 1. The molecule has 4 aromatic rings. The minimum atomic E-state index is -0.710. The van der Waals surface area contributed by atoms with Gasteiger partial charge >= 0.3 is 11.7 Å². The van der Waals surface area contributed by atoms with E-state index >= 15 is 0 Å². The van der Waals surface area contributed by atoms with E-state index in [1.807, 2.05) is 18.2 Å². The maximum absolute atomic E-state index is 12.8. The number of amides is 1. The normalized spacial score (nSPS) is 10.8. The number of carbonyl (C=O) groups is 2. The van der Waals surface area contributed by atoms with Gasteiger partial charge in [-0.3, -0.25) is 14.9 Å². The van der Waals surface area contributed by atoms with Crippen LogP contribution in [0.2, 0.25) is 0 Å². The van der Waals surface area contributed by atoms with E-state index in [9.17, 15) is 19.7 Å². The van der Waals surface area contributed by atoms with Gasteiger partial charge in [0.05, 0.1) is 23.8 Å². The van der Waals surface area contributed by atoms with E-state index in [2.05, 4.69) is 10.5 Å². The molecule has 0 aromatic heterocycles. The molecular weight excluding hydrogens is 450 g/mol. The van der Waals surface area contributed by atoms with E-state index in [0.29, 0.717) is 27.8 Å². The molecule has 4 aromatic carbocycles. The van der Waals surface area contributed by atoms with Crippen LogP contribution in [0, 0.1) is 10.1 Å². The molecule has 35 heavy (non-hydrogen) atoms. The monoisotopic (exact) mass is 469 g/mol. The van der Waals surface area contributed by atoms with Gasteiger partial charge in [0.2, 0.25) is 5.75 Å². The fourth-order valence-corrected chi connectivity index (χ4v) is 3.37. The zero-order valence-electron chi connectivity index (χ0n) is 18.5. The Bertz CT molecular complexity index is 1440. The molecule has 0 atom stereocenters. The van der Waals surface area contributed by atoms with Crippen LogP contribution in [0.1, 0.15) is 26.3 Å². The number of hydrazone groups is 1. The molecule has 0 fully saturated rings. The van der Waals surface area contributed by atoms with Crippen molar-refractivity contribution in [3.63, 3.8) is 0 Å². The average Bonchev–Trinajstić information content (AvgIpc) is 2.88. The third-order valence-corrected chi connectivity index (χ3v) is 5.12. The van der Waals surface area contributed by atoms with Crippen molar-refractivity contribution in [3.8, 4) is 11.5 Å². The maximum atomic E-state index is 12.8. The van der Waals surface area contributed by atoms with Crippen LogP contribution in [0.15, 0.2) is 90.0 Å². The Morgan fingerprint density at radius 3 is 2.46 bits per heavy atom. The summed E-state index contributed by atoms with van der Waals surface area (Å²) in [5, 5.41) is 17.0. The number of rotatable bonds is 7. The number of nitro groups is 1. The lowest BCUT2D eigenvalue weighted by Crippen LogP contribution is -2.17. The summed E-state index contributed by atoms with van der Waals surface area (Å²) in [7, 11) is 1.52. The number of nitrogens with zero attached hydrogens (tertiary/aromatic N) is 2. The number of hydrogen-bond donors (Lipinski definition) is 1. The maximum Gasteiger partial charge on any atom is 0.344 e. The Balaban J connectivity index is 1.50. The van der Waals surface area contributed by atoms with Crippen LogP contribution in [0.5, 0.6) is 11.5 Å². The van der Waals surface area contributed by atoms with Gasteiger partial charge in [-0.25, -0.2) is 10.2 Å². The van der Waals surface area contributed by atoms with E-state index in [4.69, 9.17) is 9.47 Å². The molecule has 1 amide bonds. The van der Waals surface area contributed by atoms with E-state index in [1.54, 1.807) is 48.5 Å². The Morgan fingerprint density at radius 2 is 1.71 bits per heavy atom. The first-order valence-corrected chi connectivity index (χ1v) is 10.4. The van der Waals surface area contributed by atoms with Crippen LogP contribution in [-0.4, -0.2) is 30.1 Å². The summed E-state index contributed by atoms with van der Waals surface area (Å²) in [5.74, 6) is -0.761. The van der Waals surface area contributed by atoms with Gasteiger partial charge in [-0.2, -0.15) is 5.10 Å². The largest absolute Gasteiger partial charge is 0.497 e. The SMILES string of the molecule is COc1ccc(C(=O)N/N=C/c2ccc(OC(=O)c3cccc4ccccc34)c([N+](=O)[O-])c2)cc1. The fraction of sp³-hybridized carbons (Fsp3) is 0.0385. The lowest BCUT2D eigenvalue weighted by atomic mass is 10.0. The van der Waals surface area contributed by atoms with Crippen LogP contribution in [0.25, 0.3) is 10.8 Å². The van der Waals surface area contributed by atoms with Gasteiger partial charge in [-0.05, 0) is 53.2 Å². The number of hydrogen-bond acceptors (Lipinski definition) is 7. The third kappa shape index (κ3) is 5.31. The number of fused-ring (bicyclic) bond motifs is 1. The van der Waals surface area contributed by atoms with Crippen molar-refractivity contribution in [2.75, 3.05) is 7.11 Å². The number of carbonyl (C=O) groups excluding carboxylic acids is 2. The van der Waals surface area contributed by atoms with E-state index in [-0.39, 0.29) is 5.75 Å². The Kier molecular flexibility index (Phi) is 6.78. The van der Waals surface area contributed by atoms with Crippen LogP contribution in [0.4, 0.5) is 5.69 Å². The molecule has 0 saturated carbocycles. The number of nitrogens with one attached hydrogen (secondary N) is 1. The smallest absolute Gasteiger partial charge is 0.344 e. The lowest BCUT2D eigenvalue weighted by Gasteiger charge is -2.08. The minimum Gasteiger partial charge on any atom is -0.497 e. The molecule has 1 N–H and O–H groups in total. The summed E-state index contributed by atoms with van der Waals surface area (Å²) < 4.78 is 10.4. The molecule has 0 aliphatic carbocycles. The number of nitro benzene ring substituents is 1. The highest BCUT2D eigenvalue weighted by Crippen LogP contribution is 2.29. The fourth-order valence-electron chi connectivity index (χ4n) is 3.37. The second kappa shape index (κ2) is 10.3. The van der Waals surface area contributed by atoms with Crippen molar-refractivity contribution in [1.29, 1.82) is 0 Å². The minimum absolute atomic E-state index is 0.202. The number of esters is 1. The summed E-state index contributed by atoms with van der Waals surface area (Å²) in [5.41, 5.74) is 2.93. The second-order valence-corrected chi connectivity index (χ2v) is 7.33. The van der Waals surface area contributed by atoms with Crippen molar-refractivity contribution in [2.45, 2.75) is 0 Å². The molecule has 174 valence electrons. The molecule has 0 radical (unpaired) electrons.